The van der Waals surface area contributed by atoms with Crippen molar-refractivity contribution in [3.63, 3.8) is 0 Å². The second-order valence-electron chi connectivity index (χ2n) is 4.40. The van der Waals surface area contributed by atoms with Gasteiger partial charge in [0.1, 0.15) is 6.54 Å². The molecule has 1 aromatic heterocycles. The summed E-state index contributed by atoms with van der Waals surface area (Å²) in [6.07, 6.45) is 4.98. The summed E-state index contributed by atoms with van der Waals surface area (Å²) in [5.74, 6) is 0.128. The van der Waals surface area contributed by atoms with Crippen LogP contribution in [0.1, 0.15) is 31.9 Å². The fourth-order valence-corrected chi connectivity index (χ4v) is 2.33. The van der Waals surface area contributed by atoms with Gasteiger partial charge in [-0.1, -0.05) is 12.1 Å². The molecule has 0 aliphatic carbocycles. The monoisotopic (exact) mass is 237 g/mol. The van der Waals surface area contributed by atoms with Crippen LogP contribution in [0.2, 0.25) is 0 Å². The molecule has 1 aliphatic heterocycles. The first kappa shape index (κ1) is 12.0. The molecule has 6 heteroatoms. The summed E-state index contributed by atoms with van der Waals surface area (Å²) >= 11 is 0. The van der Waals surface area contributed by atoms with E-state index in [0.717, 1.165) is 25.8 Å². The minimum Gasteiger partial charge on any atom is -0.338 e. The molecule has 0 radical (unpaired) electrons. The quantitative estimate of drug-likeness (QED) is 0.808. The lowest BCUT2D eigenvalue weighted by Gasteiger charge is -2.23. The Morgan fingerprint density at radius 3 is 3.12 bits per heavy atom. The van der Waals surface area contributed by atoms with E-state index < -0.39 is 0 Å². The van der Waals surface area contributed by atoms with E-state index >= 15 is 0 Å². The van der Waals surface area contributed by atoms with E-state index in [2.05, 4.69) is 17.2 Å². The molecule has 1 saturated heterocycles. The van der Waals surface area contributed by atoms with Gasteiger partial charge in [-0.2, -0.15) is 0 Å². The average Bonchev–Trinajstić information content (AvgIpc) is 2.96. The highest BCUT2D eigenvalue weighted by Crippen LogP contribution is 2.19. The highest BCUT2D eigenvalue weighted by molar-refractivity contribution is 5.76. The van der Waals surface area contributed by atoms with E-state index in [1.165, 1.54) is 0 Å². The van der Waals surface area contributed by atoms with Gasteiger partial charge in [-0.25, -0.2) is 4.68 Å². The standard InChI is InChI=1S/C11H19N5O/c1-2-10-4-3-5-16(10)11(17)8-15-7-9(6-12)13-14-15/h7,10H,2-6,8,12H2,1H3. The largest absolute Gasteiger partial charge is 0.338 e. The molecule has 1 atom stereocenters. The molecule has 1 amide bonds. The Hall–Kier alpha value is -1.43. The van der Waals surface area contributed by atoms with E-state index in [-0.39, 0.29) is 12.5 Å². The maximum absolute atomic E-state index is 12.1. The number of amides is 1. The predicted molar refractivity (Wildman–Crippen MR) is 62.9 cm³/mol. The lowest BCUT2D eigenvalue weighted by atomic mass is 10.2. The van der Waals surface area contributed by atoms with Crippen molar-refractivity contribution >= 4 is 5.91 Å². The molecule has 0 saturated carbocycles. The molecule has 1 aliphatic rings. The van der Waals surface area contributed by atoms with Gasteiger partial charge in [-0.15, -0.1) is 5.10 Å². The zero-order chi connectivity index (χ0) is 12.3. The third-order valence-electron chi connectivity index (χ3n) is 3.26. The zero-order valence-corrected chi connectivity index (χ0v) is 10.2. The first-order chi connectivity index (χ1) is 8.24. The molecule has 6 nitrogen and oxygen atoms in total. The third kappa shape index (κ3) is 2.63. The lowest BCUT2D eigenvalue weighted by Crippen LogP contribution is -2.37. The van der Waals surface area contributed by atoms with Gasteiger partial charge in [0.15, 0.2) is 0 Å². The SMILES string of the molecule is CCC1CCCN1C(=O)Cn1cc(CN)nn1. The van der Waals surface area contributed by atoms with E-state index in [9.17, 15) is 4.79 Å². The van der Waals surface area contributed by atoms with Gasteiger partial charge in [0, 0.05) is 19.1 Å². The molecular formula is C11H19N5O. The van der Waals surface area contributed by atoms with Crippen LogP contribution in [0.15, 0.2) is 6.20 Å². The fraction of sp³-hybridized carbons (Fsp3) is 0.727. The molecular weight excluding hydrogens is 218 g/mol. The zero-order valence-electron chi connectivity index (χ0n) is 10.2. The van der Waals surface area contributed by atoms with Crippen LogP contribution in [-0.2, 0) is 17.9 Å². The first-order valence-electron chi connectivity index (χ1n) is 6.13. The molecule has 1 aromatic rings. The Kier molecular flexibility index (Phi) is 3.73. The molecule has 17 heavy (non-hydrogen) atoms. The summed E-state index contributed by atoms with van der Waals surface area (Å²) < 4.78 is 1.57. The van der Waals surface area contributed by atoms with Crippen LogP contribution >= 0.6 is 0 Å². The van der Waals surface area contributed by atoms with Gasteiger partial charge >= 0.3 is 0 Å². The van der Waals surface area contributed by atoms with E-state index in [1.807, 2.05) is 4.90 Å². The van der Waals surface area contributed by atoms with Crippen LogP contribution < -0.4 is 5.73 Å². The van der Waals surface area contributed by atoms with Crippen LogP contribution in [0.4, 0.5) is 0 Å². The second kappa shape index (κ2) is 5.27. The van der Waals surface area contributed by atoms with Crippen molar-refractivity contribution in [2.75, 3.05) is 6.54 Å². The van der Waals surface area contributed by atoms with Gasteiger partial charge in [-0.05, 0) is 19.3 Å². The summed E-state index contributed by atoms with van der Waals surface area (Å²) in [6.45, 7) is 3.62. The minimum absolute atomic E-state index is 0.128. The molecule has 2 N–H and O–H groups in total. The van der Waals surface area contributed by atoms with Crippen LogP contribution in [0.3, 0.4) is 0 Å². The van der Waals surface area contributed by atoms with Crippen molar-refractivity contribution in [2.24, 2.45) is 5.73 Å². The second-order valence-corrected chi connectivity index (χ2v) is 4.40. The Balaban J connectivity index is 1.96. The van der Waals surface area contributed by atoms with Crippen molar-refractivity contribution in [3.8, 4) is 0 Å². The van der Waals surface area contributed by atoms with E-state index in [1.54, 1.807) is 10.9 Å². The number of hydrogen-bond acceptors (Lipinski definition) is 4. The molecule has 94 valence electrons. The lowest BCUT2D eigenvalue weighted by molar-refractivity contribution is -0.132. The van der Waals surface area contributed by atoms with Crippen LogP contribution in [0, 0.1) is 0 Å². The van der Waals surface area contributed by atoms with Crippen LogP contribution in [-0.4, -0.2) is 38.4 Å². The molecule has 2 rings (SSSR count). The van der Waals surface area contributed by atoms with Crippen molar-refractivity contribution in [1.82, 2.24) is 19.9 Å². The number of likely N-dealkylation sites (tertiary alicyclic amines) is 1. The summed E-state index contributed by atoms with van der Waals surface area (Å²) in [6, 6.07) is 0.403. The summed E-state index contributed by atoms with van der Waals surface area (Å²) in [7, 11) is 0. The van der Waals surface area contributed by atoms with Gasteiger partial charge in [0.2, 0.25) is 5.91 Å². The van der Waals surface area contributed by atoms with Gasteiger partial charge in [0.05, 0.1) is 11.9 Å². The predicted octanol–water partition coefficient (Wildman–Crippen LogP) is 0.138. The average molecular weight is 237 g/mol. The van der Waals surface area contributed by atoms with Gasteiger partial charge < -0.3 is 10.6 Å². The number of hydrogen-bond donors (Lipinski definition) is 1. The Bertz CT molecular complexity index is 389. The van der Waals surface area contributed by atoms with Crippen molar-refractivity contribution in [2.45, 2.75) is 45.3 Å². The van der Waals surface area contributed by atoms with Crippen molar-refractivity contribution in [3.05, 3.63) is 11.9 Å². The number of carbonyl (C=O) groups is 1. The van der Waals surface area contributed by atoms with Gasteiger partial charge in [0.25, 0.3) is 0 Å². The molecule has 0 aromatic carbocycles. The smallest absolute Gasteiger partial charge is 0.244 e. The summed E-state index contributed by atoms with van der Waals surface area (Å²) in [5, 5.41) is 7.76. The Morgan fingerprint density at radius 2 is 2.47 bits per heavy atom. The maximum Gasteiger partial charge on any atom is 0.244 e. The highest BCUT2D eigenvalue weighted by Gasteiger charge is 2.27. The maximum atomic E-state index is 12.1. The molecule has 2 heterocycles. The third-order valence-corrected chi connectivity index (χ3v) is 3.26. The Morgan fingerprint density at radius 1 is 1.65 bits per heavy atom. The first-order valence-corrected chi connectivity index (χ1v) is 6.13. The number of rotatable bonds is 4. The topological polar surface area (TPSA) is 77.0 Å². The highest BCUT2D eigenvalue weighted by atomic mass is 16.2. The van der Waals surface area contributed by atoms with E-state index in [4.69, 9.17) is 5.73 Å². The molecule has 1 unspecified atom stereocenters. The van der Waals surface area contributed by atoms with Crippen molar-refractivity contribution in [1.29, 1.82) is 0 Å². The normalized spacial score (nSPS) is 19.9. The van der Waals surface area contributed by atoms with Crippen LogP contribution in [0.5, 0.6) is 0 Å². The molecule has 1 fully saturated rings. The molecule has 0 bridgehead atoms. The number of nitrogens with two attached hydrogens (primary N) is 1. The number of nitrogens with zero attached hydrogens (tertiary/aromatic N) is 4. The Labute approximate surface area is 101 Å². The number of carbonyl (C=O) groups excluding carboxylic acids is 1. The van der Waals surface area contributed by atoms with E-state index in [0.29, 0.717) is 18.3 Å². The van der Waals surface area contributed by atoms with Gasteiger partial charge in [-0.3, -0.25) is 4.79 Å². The summed E-state index contributed by atoms with van der Waals surface area (Å²) in [5.41, 5.74) is 6.16. The van der Waals surface area contributed by atoms with Crippen LogP contribution in [0.25, 0.3) is 0 Å². The molecule has 0 spiro atoms. The minimum atomic E-state index is 0.128. The number of aromatic nitrogens is 3. The fourth-order valence-electron chi connectivity index (χ4n) is 2.33. The van der Waals surface area contributed by atoms with Crippen molar-refractivity contribution < 1.29 is 4.79 Å². The summed E-state index contributed by atoms with van der Waals surface area (Å²) in [4.78, 5) is 14.0.